The summed E-state index contributed by atoms with van der Waals surface area (Å²) in [6, 6.07) is 18.1. The molecule has 1 N–H and O–H groups in total. The summed E-state index contributed by atoms with van der Waals surface area (Å²) in [6.07, 6.45) is 1.71. The molecule has 0 amide bonds. The number of nitrogens with one attached hydrogen (secondary N) is 1. The number of pyridine rings is 1. The summed E-state index contributed by atoms with van der Waals surface area (Å²) in [4.78, 5) is 9.22. The maximum absolute atomic E-state index is 12.7. The van der Waals surface area contributed by atoms with Crippen LogP contribution in [0.3, 0.4) is 0 Å². The predicted molar refractivity (Wildman–Crippen MR) is 115 cm³/mol. The van der Waals surface area contributed by atoms with E-state index in [1.807, 2.05) is 35.8 Å². The zero-order valence-corrected chi connectivity index (χ0v) is 17.6. The minimum absolute atomic E-state index is 0.0522. The molecule has 2 aromatic heterocycles. The second-order valence-corrected chi connectivity index (χ2v) is 8.71. The van der Waals surface area contributed by atoms with Crippen molar-refractivity contribution in [2.24, 2.45) is 0 Å². The fourth-order valence-corrected chi connectivity index (χ4v) is 4.16. The number of imidazole rings is 1. The van der Waals surface area contributed by atoms with E-state index >= 15 is 0 Å². The Morgan fingerprint density at radius 2 is 1.77 bits per heavy atom. The fourth-order valence-electron chi connectivity index (χ4n) is 3.18. The van der Waals surface area contributed by atoms with Crippen LogP contribution in [0.1, 0.15) is 17.0 Å². The second kappa shape index (κ2) is 8.25. The summed E-state index contributed by atoms with van der Waals surface area (Å²) in [5, 5.41) is 0. The van der Waals surface area contributed by atoms with Crippen LogP contribution in [0.25, 0.3) is 11.2 Å². The van der Waals surface area contributed by atoms with Crippen molar-refractivity contribution in [3.63, 3.8) is 0 Å². The monoisotopic (exact) mass is 422 g/mol. The molecule has 0 aliphatic carbocycles. The van der Waals surface area contributed by atoms with Gasteiger partial charge in [0.2, 0.25) is 10.0 Å². The molecule has 0 atom stereocenters. The highest BCUT2D eigenvalue weighted by Crippen LogP contribution is 2.18. The summed E-state index contributed by atoms with van der Waals surface area (Å²) in [6.45, 7) is 2.64. The van der Waals surface area contributed by atoms with Crippen LogP contribution in [-0.4, -0.2) is 30.1 Å². The molecular formula is C22H22N4O3S. The lowest BCUT2D eigenvalue weighted by Crippen LogP contribution is -2.25. The Bertz CT molecular complexity index is 1260. The molecule has 0 saturated heterocycles. The zero-order valence-electron chi connectivity index (χ0n) is 16.7. The van der Waals surface area contributed by atoms with E-state index in [0.29, 0.717) is 18.1 Å². The van der Waals surface area contributed by atoms with Crippen molar-refractivity contribution in [3.05, 3.63) is 83.8 Å². The Hall–Kier alpha value is -3.23. The summed E-state index contributed by atoms with van der Waals surface area (Å²) in [7, 11) is -2.16. The Kier molecular flexibility index (Phi) is 5.52. The standard InChI is InChI=1S/C22H22N4O3S/c1-16-5-7-17(8-6-16)15-26-21(25-20-4-3-13-23-22(20)26)14-24-30(27,28)19-11-9-18(29-2)10-12-19/h3-13,24H,14-15H2,1-2H3. The van der Waals surface area contributed by atoms with Gasteiger partial charge < -0.3 is 9.30 Å². The molecule has 0 bridgehead atoms. The van der Waals surface area contributed by atoms with E-state index in [0.717, 1.165) is 16.7 Å². The van der Waals surface area contributed by atoms with Gasteiger partial charge in [-0.15, -0.1) is 0 Å². The Morgan fingerprint density at radius 1 is 1.03 bits per heavy atom. The van der Waals surface area contributed by atoms with Gasteiger partial charge in [-0.1, -0.05) is 29.8 Å². The van der Waals surface area contributed by atoms with E-state index in [2.05, 4.69) is 26.8 Å². The van der Waals surface area contributed by atoms with Crippen molar-refractivity contribution in [1.29, 1.82) is 0 Å². The first-order valence-corrected chi connectivity index (χ1v) is 10.9. The van der Waals surface area contributed by atoms with E-state index in [-0.39, 0.29) is 11.4 Å². The number of ether oxygens (including phenoxy) is 1. The molecule has 7 nitrogen and oxygen atoms in total. The van der Waals surface area contributed by atoms with E-state index in [1.165, 1.54) is 24.8 Å². The van der Waals surface area contributed by atoms with Gasteiger partial charge in [-0.25, -0.2) is 23.1 Å². The summed E-state index contributed by atoms with van der Waals surface area (Å²) in [5.74, 6) is 1.20. The van der Waals surface area contributed by atoms with Gasteiger partial charge in [0, 0.05) is 6.20 Å². The van der Waals surface area contributed by atoms with Gasteiger partial charge in [0.1, 0.15) is 17.1 Å². The number of benzene rings is 2. The Balaban J connectivity index is 1.62. The summed E-state index contributed by atoms with van der Waals surface area (Å²) in [5.41, 5.74) is 3.71. The quantitative estimate of drug-likeness (QED) is 0.494. The van der Waals surface area contributed by atoms with Gasteiger partial charge in [-0.05, 0) is 48.9 Å². The molecule has 0 unspecified atom stereocenters. The number of sulfonamides is 1. The van der Waals surface area contributed by atoms with Crippen molar-refractivity contribution in [1.82, 2.24) is 19.3 Å². The van der Waals surface area contributed by atoms with Gasteiger partial charge in [0.15, 0.2) is 5.65 Å². The molecule has 8 heteroatoms. The van der Waals surface area contributed by atoms with Gasteiger partial charge in [0.25, 0.3) is 0 Å². The van der Waals surface area contributed by atoms with E-state index in [1.54, 1.807) is 18.3 Å². The van der Waals surface area contributed by atoms with Gasteiger partial charge in [0.05, 0.1) is 25.1 Å². The second-order valence-electron chi connectivity index (χ2n) is 6.95. The maximum atomic E-state index is 12.7. The van der Waals surface area contributed by atoms with Gasteiger partial charge >= 0.3 is 0 Å². The number of methoxy groups -OCH3 is 1. The third-order valence-corrected chi connectivity index (χ3v) is 6.25. The number of hydrogen-bond acceptors (Lipinski definition) is 5. The summed E-state index contributed by atoms with van der Waals surface area (Å²) < 4.78 is 35.1. The van der Waals surface area contributed by atoms with Crippen molar-refractivity contribution in [2.45, 2.75) is 24.9 Å². The van der Waals surface area contributed by atoms with Crippen LogP contribution in [0.5, 0.6) is 5.75 Å². The van der Waals surface area contributed by atoms with E-state index in [4.69, 9.17) is 4.74 Å². The first-order chi connectivity index (χ1) is 14.5. The summed E-state index contributed by atoms with van der Waals surface area (Å²) >= 11 is 0. The number of hydrogen-bond donors (Lipinski definition) is 1. The van der Waals surface area contributed by atoms with Gasteiger partial charge in [-0.2, -0.15) is 0 Å². The molecule has 0 saturated carbocycles. The molecule has 2 heterocycles. The average Bonchev–Trinajstić information content (AvgIpc) is 3.11. The number of aromatic nitrogens is 3. The first-order valence-electron chi connectivity index (χ1n) is 9.46. The lowest BCUT2D eigenvalue weighted by Gasteiger charge is -2.11. The van der Waals surface area contributed by atoms with Crippen LogP contribution in [0, 0.1) is 6.92 Å². The van der Waals surface area contributed by atoms with Crippen LogP contribution in [0.15, 0.2) is 71.8 Å². The average molecular weight is 423 g/mol. The number of fused-ring (bicyclic) bond motifs is 1. The van der Waals surface area contributed by atoms with Gasteiger partial charge in [-0.3, -0.25) is 0 Å². The number of nitrogens with zero attached hydrogens (tertiary/aromatic N) is 3. The van der Waals surface area contributed by atoms with Crippen LogP contribution in [-0.2, 0) is 23.1 Å². The van der Waals surface area contributed by atoms with Crippen molar-refractivity contribution >= 4 is 21.2 Å². The van der Waals surface area contributed by atoms with Crippen molar-refractivity contribution < 1.29 is 13.2 Å². The van der Waals surface area contributed by atoms with Crippen LogP contribution in [0.4, 0.5) is 0 Å². The highest BCUT2D eigenvalue weighted by atomic mass is 32.2. The molecular weight excluding hydrogens is 400 g/mol. The molecule has 4 aromatic rings. The van der Waals surface area contributed by atoms with Crippen LogP contribution >= 0.6 is 0 Å². The fraction of sp³-hybridized carbons (Fsp3) is 0.182. The molecule has 2 aromatic carbocycles. The van der Waals surface area contributed by atoms with Crippen molar-refractivity contribution in [3.8, 4) is 5.75 Å². The highest BCUT2D eigenvalue weighted by Gasteiger charge is 2.18. The molecule has 0 aliphatic rings. The lowest BCUT2D eigenvalue weighted by atomic mass is 10.1. The topological polar surface area (TPSA) is 86.1 Å². The molecule has 0 aliphatic heterocycles. The van der Waals surface area contributed by atoms with E-state index in [9.17, 15) is 8.42 Å². The van der Waals surface area contributed by atoms with E-state index < -0.39 is 10.0 Å². The number of aryl methyl sites for hydroxylation is 1. The largest absolute Gasteiger partial charge is 0.497 e. The molecule has 4 rings (SSSR count). The normalized spacial score (nSPS) is 11.7. The smallest absolute Gasteiger partial charge is 0.240 e. The molecule has 0 radical (unpaired) electrons. The molecule has 30 heavy (non-hydrogen) atoms. The predicted octanol–water partition coefficient (Wildman–Crippen LogP) is 3.28. The maximum Gasteiger partial charge on any atom is 0.240 e. The first kappa shape index (κ1) is 20.1. The minimum Gasteiger partial charge on any atom is -0.497 e. The SMILES string of the molecule is COc1ccc(S(=O)(=O)NCc2nc3cccnc3n2Cc2ccc(C)cc2)cc1. The minimum atomic E-state index is -3.70. The Labute approximate surface area is 175 Å². The third-order valence-electron chi connectivity index (χ3n) is 4.83. The lowest BCUT2D eigenvalue weighted by molar-refractivity contribution is 0.414. The molecule has 0 fully saturated rings. The highest BCUT2D eigenvalue weighted by molar-refractivity contribution is 7.89. The molecule has 0 spiro atoms. The number of rotatable bonds is 7. The molecule has 154 valence electrons. The zero-order chi connectivity index (χ0) is 21.1. The Morgan fingerprint density at radius 3 is 2.47 bits per heavy atom. The van der Waals surface area contributed by atoms with Crippen LogP contribution < -0.4 is 9.46 Å². The van der Waals surface area contributed by atoms with Crippen LogP contribution in [0.2, 0.25) is 0 Å². The third kappa shape index (κ3) is 4.19. The van der Waals surface area contributed by atoms with Crippen molar-refractivity contribution in [2.75, 3.05) is 7.11 Å².